The number of nitrogens with zero attached hydrogens (tertiary/aromatic N) is 1. The average molecular weight is 286 g/mol. The zero-order valence-corrected chi connectivity index (χ0v) is 9.76. The Labute approximate surface area is 104 Å². The first-order chi connectivity index (χ1) is 8.48. The molecule has 19 heavy (non-hydrogen) atoms. The molecule has 1 aliphatic rings. The van der Waals surface area contributed by atoms with Crippen LogP contribution < -0.4 is 5.73 Å². The summed E-state index contributed by atoms with van der Waals surface area (Å²) >= 11 is 0. The first kappa shape index (κ1) is 15.4. The van der Waals surface area contributed by atoms with Crippen LogP contribution in [-0.2, 0) is 4.79 Å². The van der Waals surface area contributed by atoms with Gasteiger partial charge in [-0.25, -0.2) is 0 Å². The highest BCUT2D eigenvalue weighted by molar-refractivity contribution is 6.08. The molecule has 0 aromatic carbocycles. The summed E-state index contributed by atoms with van der Waals surface area (Å²) in [5.74, 6) is -6.57. The van der Waals surface area contributed by atoms with E-state index in [1.54, 1.807) is 0 Å². The number of rotatable bonds is 2. The van der Waals surface area contributed by atoms with E-state index in [2.05, 4.69) is 4.99 Å². The van der Waals surface area contributed by atoms with Gasteiger partial charge in [-0.05, 0) is 6.42 Å². The van der Waals surface area contributed by atoms with E-state index in [-0.39, 0.29) is 0 Å². The predicted molar refractivity (Wildman–Crippen MR) is 55.9 cm³/mol. The van der Waals surface area contributed by atoms with E-state index >= 15 is 0 Å². The number of halogens is 5. The minimum absolute atomic E-state index is 0.600. The van der Waals surface area contributed by atoms with Gasteiger partial charge in [0.1, 0.15) is 18.0 Å². The lowest BCUT2D eigenvalue weighted by Crippen LogP contribution is -2.31. The fourth-order valence-electron chi connectivity index (χ4n) is 1.72. The second-order valence-corrected chi connectivity index (χ2v) is 4.18. The van der Waals surface area contributed by atoms with Gasteiger partial charge in [0.25, 0.3) is 5.92 Å². The zero-order valence-electron chi connectivity index (χ0n) is 9.76. The lowest BCUT2D eigenvalue weighted by atomic mass is 10.1. The normalized spacial score (nSPS) is 27.7. The smallest absolute Gasteiger partial charge is 0.431 e. The number of carboxylic acid groups (broad SMARTS) is 1. The van der Waals surface area contributed by atoms with Crippen molar-refractivity contribution in [1.29, 1.82) is 0 Å². The Bertz CT molecular complexity index is 453. The molecule has 108 valence electrons. The molecule has 1 saturated carbocycles. The number of aliphatic imine (C=N–C) groups is 1. The quantitative estimate of drug-likeness (QED) is 0.762. The van der Waals surface area contributed by atoms with Gasteiger partial charge < -0.3 is 10.8 Å². The van der Waals surface area contributed by atoms with E-state index in [0.717, 1.165) is 6.92 Å². The number of hydrogen-bond donors (Lipinski definition) is 2. The third-order valence-corrected chi connectivity index (χ3v) is 2.73. The van der Waals surface area contributed by atoms with Crippen molar-refractivity contribution in [3.63, 3.8) is 0 Å². The van der Waals surface area contributed by atoms with Crippen molar-refractivity contribution in [1.82, 2.24) is 0 Å². The summed E-state index contributed by atoms with van der Waals surface area (Å²) < 4.78 is 64.7. The molecule has 4 nitrogen and oxygen atoms in total. The Morgan fingerprint density at radius 3 is 2.47 bits per heavy atom. The van der Waals surface area contributed by atoms with Gasteiger partial charge in [-0.1, -0.05) is 6.92 Å². The molecular weight excluding hydrogens is 275 g/mol. The summed E-state index contributed by atoms with van der Waals surface area (Å²) in [5, 5.41) is 8.37. The summed E-state index contributed by atoms with van der Waals surface area (Å²) in [4.78, 5) is 13.4. The minimum atomic E-state index is -4.96. The summed E-state index contributed by atoms with van der Waals surface area (Å²) in [6.45, 7) is 0.0131. The predicted octanol–water partition coefficient (Wildman–Crippen LogP) is 1.96. The lowest BCUT2D eigenvalue weighted by molar-refractivity contribution is -0.135. The third kappa shape index (κ3) is 3.02. The molecule has 1 atom stereocenters. The highest BCUT2D eigenvalue weighted by atomic mass is 19.4. The summed E-state index contributed by atoms with van der Waals surface area (Å²) in [6.07, 6.45) is -5.56. The molecule has 0 bridgehead atoms. The molecule has 3 N–H and O–H groups in total. The maximum Gasteiger partial charge on any atom is 0.431 e. The fraction of sp³-hybridized carbons (Fsp3) is 0.600. The number of nitrogens with two attached hydrogens (primary N) is 1. The Hall–Kier alpha value is -1.67. The van der Waals surface area contributed by atoms with Crippen molar-refractivity contribution in [2.24, 2.45) is 16.6 Å². The van der Waals surface area contributed by atoms with Crippen LogP contribution in [0.25, 0.3) is 0 Å². The number of hydrogen-bond acceptors (Lipinski definition) is 3. The minimum Gasteiger partial charge on any atom is -0.480 e. The van der Waals surface area contributed by atoms with Crippen molar-refractivity contribution in [2.45, 2.75) is 25.4 Å². The van der Waals surface area contributed by atoms with Gasteiger partial charge in [-0.15, -0.1) is 0 Å². The summed E-state index contributed by atoms with van der Waals surface area (Å²) in [7, 11) is 0. The number of carboxylic acids is 1. The molecule has 0 radical (unpaired) electrons. The van der Waals surface area contributed by atoms with Crippen LogP contribution >= 0.6 is 0 Å². The van der Waals surface area contributed by atoms with E-state index in [9.17, 15) is 26.7 Å². The monoisotopic (exact) mass is 286 g/mol. The molecule has 1 aliphatic carbocycles. The van der Waals surface area contributed by atoms with Crippen molar-refractivity contribution >= 4 is 11.7 Å². The van der Waals surface area contributed by atoms with Gasteiger partial charge in [0.15, 0.2) is 0 Å². The van der Waals surface area contributed by atoms with Crippen LogP contribution in [0.3, 0.4) is 0 Å². The van der Waals surface area contributed by atoms with Gasteiger partial charge in [-0.3, -0.25) is 9.79 Å². The number of carbonyl (C=O) groups is 1. The molecule has 1 fully saturated rings. The molecule has 0 heterocycles. The van der Waals surface area contributed by atoms with Crippen LogP contribution in [0, 0.1) is 5.92 Å². The maximum absolute atomic E-state index is 13.7. The standard InChI is InChI=1S/C10H11F5N2O2/c1-4-2-5(7(16)10(13,14)15)8(9(4,11)12)17-3-6(18)19/h4H,2-3,16H2,1H3,(H,18,19)/t4-/m1/s1. The van der Waals surface area contributed by atoms with Crippen molar-refractivity contribution in [2.75, 3.05) is 6.54 Å². The van der Waals surface area contributed by atoms with Gasteiger partial charge in [0, 0.05) is 11.5 Å². The van der Waals surface area contributed by atoms with Crippen LogP contribution in [0.1, 0.15) is 13.3 Å². The molecule has 0 amide bonds. The largest absolute Gasteiger partial charge is 0.480 e. The number of alkyl halides is 5. The molecule has 0 aliphatic heterocycles. The summed E-state index contributed by atoms with van der Waals surface area (Å²) in [6, 6.07) is 0. The molecular formula is C10H11F5N2O2. The van der Waals surface area contributed by atoms with E-state index in [4.69, 9.17) is 10.8 Å². The van der Waals surface area contributed by atoms with Crippen LogP contribution in [0.15, 0.2) is 16.3 Å². The number of aliphatic carboxylic acids is 1. The molecule has 0 aromatic rings. The fourth-order valence-corrected chi connectivity index (χ4v) is 1.72. The molecule has 0 aromatic heterocycles. The van der Waals surface area contributed by atoms with Gasteiger partial charge in [-0.2, -0.15) is 22.0 Å². The Kier molecular flexibility index (Phi) is 3.87. The Balaban J connectivity index is 3.33. The summed E-state index contributed by atoms with van der Waals surface area (Å²) in [5.41, 5.74) is 1.17. The first-order valence-corrected chi connectivity index (χ1v) is 5.18. The highest BCUT2D eigenvalue weighted by Gasteiger charge is 2.53. The van der Waals surface area contributed by atoms with Gasteiger partial charge in [0.2, 0.25) is 0 Å². The maximum atomic E-state index is 13.7. The van der Waals surface area contributed by atoms with E-state index < -0.39 is 53.9 Å². The van der Waals surface area contributed by atoms with E-state index in [1.807, 2.05) is 0 Å². The number of allylic oxidation sites excluding steroid dienone is 2. The molecule has 1 rings (SSSR count). The van der Waals surface area contributed by atoms with E-state index in [1.165, 1.54) is 0 Å². The van der Waals surface area contributed by atoms with Gasteiger partial charge >= 0.3 is 12.1 Å². The molecule has 0 saturated heterocycles. The zero-order chi connectivity index (χ0) is 15.0. The van der Waals surface area contributed by atoms with Crippen LogP contribution in [0.2, 0.25) is 0 Å². The molecule has 9 heteroatoms. The van der Waals surface area contributed by atoms with Crippen molar-refractivity contribution in [3.8, 4) is 0 Å². The van der Waals surface area contributed by atoms with Crippen LogP contribution in [-0.4, -0.2) is 35.4 Å². The average Bonchev–Trinajstić information content (AvgIpc) is 2.45. The molecule has 0 spiro atoms. The van der Waals surface area contributed by atoms with Crippen molar-refractivity contribution in [3.05, 3.63) is 11.3 Å². The first-order valence-electron chi connectivity index (χ1n) is 5.18. The van der Waals surface area contributed by atoms with Crippen LogP contribution in [0.4, 0.5) is 22.0 Å². The van der Waals surface area contributed by atoms with Crippen molar-refractivity contribution < 1.29 is 31.9 Å². The third-order valence-electron chi connectivity index (χ3n) is 2.73. The Morgan fingerprint density at radius 2 is 2.05 bits per heavy atom. The van der Waals surface area contributed by atoms with Gasteiger partial charge in [0.05, 0.1) is 0 Å². The SMILES string of the molecule is C[C@@H]1CC(=C(N)C(F)(F)F)C(=NCC(=O)O)C1(F)F. The topological polar surface area (TPSA) is 75.7 Å². The van der Waals surface area contributed by atoms with E-state index in [0.29, 0.717) is 0 Å². The second-order valence-electron chi connectivity index (χ2n) is 4.18. The Morgan fingerprint density at radius 1 is 1.53 bits per heavy atom. The highest BCUT2D eigenvalue weighted by Crippen LogP contribution is 2.44. The van der Waals surface area contributed by atoms with Crippen LogP contribution in [0.5, 0.6) is 0 Å². The molecule has 0 unspecified atom stereocenters. The lowest BCUT2D eigenvalue weighted by Gasteiger charge is -2.15. The second kappa shape index (κ2) is 4.78.